The van der Waals surface area contributed by atoms with Crippen LogP contribution in [-0.4, -0.2) is 43.7 Å². The van der Waals surface area contributed by atoms with Crippen molar-refractivity contribution in [1.82, 2.24) is 20.1 Å². The number of carboxylic acids is 1. The molecule has 1 aliphatic heterocycles. The fraction of sp³-hybridized carbons (Fsp3) is 0.385. The van der Waals surface area contributed by atoms with Gasteiger partial charge >= 0.3 is 5.97 Å². The zero-order valence-corrected chi connectivity index (χ0v) is 10.8. The van der Waals surface area contributed by atoms with Gasteiger partial charge in [-0.25, -0.2) is 0 Å². The Bertz CT molecular complexity index is 599. The second-order valence-corrected chi connectivity index (χ2v) is 4.71. The van der Waals surface area contributed by atoms with E-state index in [0.717, 1.165) is 18.5 Å². The van der Waals surface area contributed by atoms with Gasteiger partial charge in [0.25, 0.3) is 0 Å². The topological polar surface area (TPSA) is 92.3 Å². The van der Waals surface area contributed by atoms with Crippen LogP contribution in [0.25, 0.3) is 11.5 Å². The summed E-state index contributed by atoms with van der Waals surface area (Å²) in [6.45, 7) is 1.10. The first-order valence-corrected chi connectivity index (χ1v) is 6.43. The molecule has 1 saturated heterocycles. The third kappa shape index (κ3) is 2.53. The Labute approximate surface area is 115 Å². The number of carbonyl (C=O) groups is 1. The molecule has 0 aromatic carbocycles. The van der Waals surface area contributed by atoms with E-state index in [1.54, 1.807) is 18.5 Å². The van der Waals surface area contributed by atoms with E-state index in [9.17, 15) is 4.79 Å². The summed E-state index contributed by atoms with van der Waals surface area (Å²) in [7, 11) is 0. The Morgan fingerprint density at radius 2 is 2.40 bits per heavy atom. The highest BCUT2D eigenvalue weighted by atomic mass is 16.4. The molecule has 3 rings (SSSR count). The molecular weight excluding hydrogens is 260 g/mol. The molecule has 0 saturated carbocycles. The summed E-state index contributed by atoms with van der Waals surface area (Å²) < 4.78 is 5.56. The van der Waals surface area contributed by atoms with E-state index in [2.05, 4.69) is 15.2 Å². The van der Waals surface area contributed by atoms with E-state index in [-0.39, 0.29) is 0 Å². The molecule has 0 aliphatic carbocycles. The number of likely N-dealkylation sites (tertiary alicyclic amines) is 1. The van der Waals surface area contributed by atoms with E-state index >= 15 is 0 Å². The smallest absolute Gasteiger partial charge is 0.320 e. The normalized spacial score (nSPS) is 19.3. The fourth-order valence-corrected chi connectivity index (χ4v) is 2.39. The van der Waals surface area contributed by atoms with Gasteiger partial charge in [0.15, 0.2) is 0 Å². The molecule has 0 spiro atoms. The maximum atomic E-state index is 11.1. The van der Waals surface area contributed by atoms with Crippen LogP contribution in [0.2, 0.25) is 0 Å². The second-order valence-electron chi connectivity index (χ2n) is 4.71. The summed E-state index contributed by atoms with van der Waals surface area (Å²) >= 11 is 0. The minimum Gasteiger partial charge on any atom is -0.480 e. The maximum absolute atomic E-state index is 11.1. The van der Waals surface area contributed by atoms with Crippen molar-refractivity contribution in [1.29, 1.82) is 0 Å². The zero-order valence-electron chi connectivity index (χ0n) is 10.8. The molecule has 20 heavy (non-hydrogen) atoms. The molecule has 104 valence electrons. The molecule has 1 atom stereocenters. The predicted molar refractivity (Wildman–Crippen MR) is 68.6 cm³/mol. The predicted octanol–water partition coefficient (Wildman–Crippen LogP) is 1.18. The Balaban J connectivity index is 1.73. The van der Waals surface area contributed by atoms with Gasteiger partial charge in [-0.15, -0.1) is 10.2 Å². The average Bonchev–Trinajstić information content (AvgIpc) is 3.09. The molecule has 2 aromatic rings. The molecule has 1 unspecified atom stereocenters. The standard InChI is InChI=1S/C13H14N4O3/c18-13(19)10-4-2-6-17(10)8-11-15-16-12(20-11)9-3-1-5-14-7-9/h1,3,5,7,10H,2,4,6,8H2,(H,18,19). The van der Waals surface area contributed by atoms with Gasteiger partial charge in [0.1, 0.15) is 6.04 Å². The summed E-state index contributed by atoms with van der Waals surface area (Å²) in [6, 6.07) is 3.17. The number of aliphatic carboxylic acids is 1. The quantitative estimate of drug-likeness (QED) is 0.894. The lowest BCUT2D eigenvalue weighted by Gasteiger charge is -2.18. The van der Waals surface area contributed by atoms with Crippen molar-refractivity contribution in [2.45, 2.75) is 25.4 Å². The van der Waals surface area contributed by atoms with Crippen molar-refractivity contribution in [2.24, 2.45) is 0 Å². The van der Waals surface area contributed by atoms with Crippen LogP contribution in [0, 0.1) is 0 Å². The highest BCUT2D eigenvalue weighted by Gasteiger charge is 2.31. The van der Waals surface area contributed by atoms with Gasteiger partial charge in [0.2, 0.25) is 11.8 Å². The summed E-state index contributed by atoms with van der Waals surface area (Å²) in [5, 5.41) is 17.1. The summed E-state index contributed by atoms with van der Waals surface area (Å²) in [6.07, 6.45) is 4.86. The Hall–Kier alpha value is -2.28. The molecule has 2 aromatic heterocycles. The average molecular weight is 274 g/mol. The van der Waals surface area contributed by atoms with Gasteiger partial charge in [-0.2, -0.15) is 0 Å². The number of hydrogen-bond donors (Lipinski definition) is 1. The van der Waals surface area contributed by atoms with E-state index in [1.165, 1.54) is 0 Å². The van der Waals surface area contributed by atoms with Gasteiger partial charge < -0.3 is 9.52 Å². The van der Waals surface area contributed by atoms with Crippen molar-refractivity contribution < 1.29 is 14.3 Å². The van der Waals surface area contributed by atoms with Crippen LogP contribution >= 0.6 is 0 Å². The number of hydrogen-bond acceptors (Lipinski definition) is 6. The SMILES string of the molecule is O=C(O)C1CCCN1Cc1nnc(-c2cccnc2)o1. The summed E-state index contributed by atoms with van der Waals surface area (Å²) in [5.74, 6) is 0.0330. The number of carboxylic acid groups (broad SMARTS) is 1. The fourth-order valence-electron chi connectivity index (χ4n) is 2.39. The van der Waals surface area contributed by atoms with Crippen LogP contribution in [0.15, 0.2) is 28.9 Å². The van der Waals surface area contributed by atoms with Crippen molar-refractivity contribution in [2.75, 3.05) is 6.54 Å². The minimum atomic E-state index is -0.797. The molecule has 1 N–H and O–H groups in total. The highest BCUT2D eigenvalue weighted by molar-refractivity contribution is 5.73. The first-order valence-electron chi connectivity index (χ1n) is 6.43. The van der Waals surface area contributed by atoms with Gasteiger partial charge in [-0.1, -0.05) is 0 Å². The van der Waals surface area contributed by atoms with E-state index < -0.39 is 12.0 Å². The molecule has 0 radical (unpaired) electrons. The van der Waals surface area contributed by atoms with Gasteiger partial charge in [0.05, 0.1) is 12.1 Å². The van der Waals surface area contributed by atoms with Crippen LogP contribution in [0.4, 0.5) is 0 Å². The third-order valence-corrected chi connectivity index (χ3v) is 3.36. The third-order valence-electron chi connectivity index (χ3n) is 3.36. The number of aromatic nitrogens is 3. The second kappa shape index (κ2) is 5.38. The summed E-state index contributed by atoms with van der Waals surface area (Å²) in [5.41, 5.74) is 0.752. The largest absolute Gasteiger partial charge is 0.480 e. The molecule has 7 nitrogen and oxygen atoms in total. The van der Waals surface area contributed by atoms with Crippen LogP contribution in [0.1, 0.15) is 18.7 Å². The van der Waals surface area contributed by atoms with Crippen molar-refractivity contribution in [3.63, 3.8) is 0 Å². The Morgan fingerprint density at radius 1 is 1.50 bits per heavy atom. The first kappa shape index (κ1) is 12.7. The molecular formula is C13H14N4O3. The number of nitrogens with zero attached hydrogens (tertiary/aromatic N) is 4. The van der Waals surface area contributed by atoms with Gasteiger partial charge in [0, 0.05) is 12.4 Å². The maximum Gasteiger partial charge on any atom is 0.320 e. The van der Waals surface area contributed by atoms with Crippen molar-refractivity contribution >= 4 is 5.97 Å². The molecule has 7 heteroatoms. The molecule has 3 heterocycles. The lowest BCUT2D eigenvalue weighted by Crippen LogP contribution is -2.35. The van der Waals surface area contributed by atoms with E-state index in [0.29, 0.717) is 24.7 Å². The van der Waals surface area contributed by atoms with Crippen molar-refractivity contribution in [3.8, 4) is 11.5 Å². The molecule has 1 aliphatic rings. The lowest BCUT2D eigenvalue weighted by atomic mass is 10.2. The first-order chi connectivity index (χ1) is 9.74. The van der Waals surface area contributed by atoms with Gasteiger partial charge in [-0.3, -0.25) is 14.7 Å². The number of pyridine rings is 1. The zero-order chi connectivity index (χ0) is 13.9. The van der Waals surface area contributed by atoms with E-state index in [4.69, 9.17) is 9.52 Å². The molecule has 1 fully saturated rings. The van der Waals surface area contributed by atoms with Crippen LogP contribution in [-0.2, 0) is 11.3 Å². The molecule has 0 amide bonds. The highest BCUT2D eigenvalue weighted by Crippen LogP contribution is 2.21. The monoisotopic (exact) mass is 274 g/mol. The van der Waals surface area contributed by atoms with Gasteiger partial charge in [-0.05, 0) is 31.5 Å². The van der Waals surface area contributed by atoms with E-state index in [1.807, 2.05) is 11.0 Å². The Kier molecular flexibility index (Phi) is 3.42. The number of rotatable bonds is 4. The van der Waals surface area contributed by atoms with Crippen LogP contribution in [0.5, 0.6) is 0 Å². The molecule has 0 bridgehead atoms. The summed E-state index contributed by atoms with van der Waals surface area (Å²) in [4.78, 5) is 17.0. The van der Waals surface area contributed by atoms with Crippen LogP contribution in [0.3, 0.4) is 0 Å². The van der Waals surface area contributed by atoms with Crippen molar-refractivity contribution in [3.05, 3.63) is 30.4 Å². The van der Waals surface area contributed by atoms with Crippen LogP contribution < -0.4 is 0 Å². The Morgan fingerprint density at radius 3 is 3.15 bits per heavy atom. The minimum absolute atomic E-state index is 0.365. The lowest BCUT2D eigenvalue weighted by molar-refractivity contribution is -0.142.